The van der Waals surface area contributed by atoms with Crippen molar-refractivity contribution in [2.75, 3.05) is 26.0 Å². The Labute approximate surface area is 108 Å². The molecule has 0 unspecified atom stereocenters. The second-order valence-electron chi connectivity index (χ2n) is 3.45. The number of amides is 1. The van der Waals surface area contributed by atoms with Crippen LogP contribution in [0.3, 0.4) is 0 Å². The van der Waals surface area contributed by atoms with Gasteiger partial charge in [-0.05, 0) is 22.0 Å². The summed E-state index contributed by atoms with van der Waals surface area (Å²) in [7, 11) is 3.47. The van der Waals surface area contributed by atoms with E-state index >= 15 is 0 Å². The predicted octanol–water partition coefficient (Wildman–Crippen LogP) is 2.39. The average Bonchev–Trinajstić information content (AvgIpc) is 2.20. The van der Waals surface area contributed by atoms with Crippen LogP contribution in [0.25, 0.3) is 0 Å². The zero-order valence-electron chi connectivity index (χ0n) is 9.13. The second-order valence-corrected chi connectivity index (χ2v) is 4.74. The van der Waals surface area contributed by atoms with Crippen molar-refractivity contribution in [2.24, 2.45) is 0 Å². The van der Waals surface area contributed by atoms with E-state index in [1.165, 1.54) is 0 Å². The van der Waals surface area contributed by atoms with E-state index in [2.05, 4.69) is 26.2 Å². The van der Waals surface area contributed by atoms with Crippen molar-refractivity contribution in [3.05, 3.63) is 21.8 Å². The maximum atomic E-state index is 11.3. The third-order valence-corrected chi connectivity index (χ3v) is 2.75. The summed E-state index contributed by atoms with van der Waals surface area (Å²) >= 11 is 9.10. The van der Waals surface area contributed by atoms with Crippen molar-refractivity contribution in [2.45, 2.75) is 6.42 Å². The van der Waals surface area contributed by atoms with Crippen LogP contribution in [0.1, 0.15) is 6.42 Å². The van der Waals surface area contributed by atoms with Crippen molar-refractivity contribution >= 4 is 39.3 Å². The highest BCUT2D eigenvalue weighted by atomic mass is 79.9. The number of hydrogen-bond acceptors (Lipinski definition) is 3. The quantitative estimate of drug-likeness (QED) is 0.929. The predicted molar refractivity (Wildman–Crippen MR) is 68.7 cm³/mol. The lowest BCUT2D eigenvalue weighted by molar-refractivity contribution is -0.128. The van der Waals surface area contributed by atoms with Crippen LogP contribution in [-0.4, -0.2) is 36.4 Å². The summed E-state index contributed by atoms with van der Waals surface area (Å²) < 4.78 is 0.789. The molecule has 0 saturated carbocycles. The first-order chi connectivity index (χ1) is 7.50. The molecule has 0 radical (unpaired) electrons. The van der Waals surface area contributed by atoms with Gasteiger partial charge in [-0.1, -0.05) is 11.6 Å². The van der Waals surface area contributed by atoms with Gasteiger partial charge in [-0.3, -0.25) is 4.79 Å². The van der Waals surface area contributed by atoms with Crippen molar-refractivity contribution in [3.63, 3.8) is 0 Å². The fraction of sp³-hybridized carbons (Fsp3) is 0.400. The van der Waals surface area contributed by atoms with E-state index < -0.39 is 0 Å². The normalized spacial score (nSPS) is 10.0. The summed E-state index contributed by atoms with van der Waals surface area (Å²) in [5, 5.41) is 3.63. The minimum absolute atomic E-state index is 0.0811. The summed E-state index contributed by atoms with van der Waals surface area (Å²) in [5.74, 6) is 0.772. The van der Waals surface area contributed by atoms with Crippen molar-refractivity contribution in [3.8, 4) is 0 Å². The Balaban J connectivity index is 2.46. The second kappa shape index (κ2) is 6.06. The molecule has 88 valence electrons. The molecule has 1 aromatic heterocycles. The Bertz CT molecular complexity index is 384. The number of nitrogens with zero attached hydrogens (tertiary/aromatic N) is 2. The molecule has 0 atom stereocenters. The number of nitrogens with one attached hydrogen (secondary N) is 1. The summed E-state index contributed by atoms with van der Waals surface area (Å²) in [6, 6.07) is 1.75. The van der Waals surface area contributed by atoms with Crippen molar-refractivity contribution in [1.29, 1.82) is 0 Å². The Kier molecular flexibility index (Phi) is 5.02. The summed E-state index contributed by atoms with van der Waals surface area (Å²) in [6.45, 7) is 0.546. The fourth-order valence-corrected chi connectivity index (χ4v) is 1.83. The Morgan fingerprint density at radius 2 is 2.31 bits per heavy atom. The molecule has 4 nitrogen and oxygen atoms in total. The van der Waals surface area contributed by atoms with Gasteiger partial charge in [0.25, 0.3) is 0 Å². The molecule has 0 aliphatic heterocycles. The lowest BCUT2D eigenvalue weighted by atomic mass is 10.3. The minimum atomic E-state index is 0.0811. The van der Waals surface area contributed by atoms with E-state index in [1.54, 1.807) is 31.3 Å². The maximum Gasteiger partial charge on any atom is 0.223 e. The highest BCUT2D eigenvalue weighted by Crippen LogP contribution is 2.22. The summed E-state index contributed by atoms with van der Waals surface area (Å²) in [5.41, 5.74) is 0. The molecule has 0 spiro atoms. The first-order valence-electron chi connectivity index (χ1n) is 4.76. The number of rotatable bonds is 4. The number of anilines is 1. The number of carbonyl (C=O) groups is 1. The lowest BCUT2D eigenvalue weighted by Gasteiger charge is -2.11. The van der Waals surface area contributed by atoms with Crippen LogP contribution in [-0.2, 0) is 4.79 Å². The van der Waals surface area contributed by atoms with E-state index in [0.29, 0.717) is 23.8 Å². The van der Waals surface area contributed by atoms with Crippen LogP contribution in [0.5, 0.6) is 0 Å². The Morgan fingerprint density at radius 3 is 2.88 bits per heavy atom. The number of carbonyl (C=O) groups excluding carboxylic acids is 1. The van der Waals surface area contributed by atoms with Gasteiger partial charge in [-0.15, -0.1) is 0 Å². The van der Waals surface area contributed by atoms with Gasteiger partial charge in [0.2, 0.25) is 5.91 Å². The molecule has 1 aromatic rings. The molecule has 16 heavy (non-hydrogen) atoms. The van der Waals surface area contributed by atoms with Gasteiger partial charge in [-0.2, -0.15) is 0 Å². The number of pyridine rings is 1. The monoisotopic (exact) mass is 305 g/mol. The van der Waals surface area contributed by atoms with Gasteiger partial charge < -0.3 is 10.2 Å². The third-order valence-electron chi connectivity index (χ3n) is 1.94. The molecule has 1 rings (SSSR count). The van der Waals surface area contributed by atoms with Crippen molar-refractivity contribution < 1.29 is 4.79 Å². The molecule has 1 amide bonds. The standard InChI is InChI=1S/C10H13BrClN3O/c1-15(2)9(16)3-4-13-10-8(11)5-7(12)6-14-10/h5-6H,3-4H2,1-2H3,(H,13,14). The first-order valence-corrected chi connectivity index (χ1v) is 5.93. The fourth-order valence-electron chi connectivity index (χ4n) is 1.06. The average molecular weight is 307 g/mol. The molecule has 6 heteroatoms. The van der Waals surface area contributed by atoms with Gasteiger partial charge in [0.15, 0.2) is 0 Å². The molecule has 1 heterocycles. The zero-order valence-corrected chi connectivity index (χ0v) is 11.5. The van der Waals surface area contributed by atoms with Crippen LogP contribution < -0.4 is 5.32 Å². The van der Waals surface area contributed by atoms with Crippen LogP contribution in [0, 0.1) is 0 Å². The van der Waals surface area contributed by atoms with E-state index in [1.807, 2.05) is 0 Å². The largest absolute Gasteiger partial charge is 0.369 e. The highest BCUT2D eigenvalue weighted by Gasteiger charge is 2.05. The zero-order chi connectivity index (χ0) is 12.1. The molecular formula is C10H13BrClN3O. The molecular weight excluding hydrogens is 293 g/mol. The van der Waals surface area contributed by atoms with Crippen LogP contribution in [0.15, 0.2) is 16.7 Å². The SMILES string of the molecule is CN(C)C(=O)CCNc1ncc(Cl)cc1Br. The molecule has 0 aromatic carbocycles. The number of aromatic nitrogens is 1. The van der Waals surface area contributed by atoms with Crippen LogP contribution >= 0.6 is 27.5 Å². The Morgan fingerprint density at radius 1 is 1.62 bits per heavy atom. The summed E-state index contributed by atoms with van der Waals surface area (Å²) in [4.78, 5) is 17.0. The van der Waals surface area contributed by atoms with Crippen LogP contribution in [0.2, 0.25) is 5.02 Å². The van der Waals surface area contributed by atoms with E-state index in [4.69, 9.17) is 11.6 Å². The topological polar surface area (TPSA) is 45.2 Å². The van der Waals surface area contributed by atoms with Gasteiger partial charge in [0.05, 0.1) is 9.50 Å². The summed E-state index contributed by atoms with van der Waals surface area (Å²) in [6.07, 6.45) is 1.99. The van der Waals surface area contributed by atoms with Gasteiger partial charge in [-0.25, -0.2) is 4.98 Å². The maximum absolute atomic E-state index is 11.3. The third kappa shape index (κ3) is 3.98. The van der Waals surface area contributed by atoms with Gasteiger partial charge in [0.1, 0.15) is 5.82 Å². The molecule has 0 aliphatic rings. The highest BCUT2D eigenvalue weighted by molar-refractivity contribution is 9.10. The minimum Gasteiger partial charge on any atom is -0.369 e. The molecule has 0 saturated heterocycles. The van der Waals surface area contributed by atoms with Crippen molar-refractivity contribution in [1.82, 2.24) is 9.88 Å². The number of hydrogen-bond donors (Lipinski definition) is 1. The van der Waals surface area contributed by atoms with E-state index in [0.717, 1.165) is 4.47 Å². The van der Waals surface area contributed by atoms with Gasteiger partial charge in [0, 0.05) is 33.3 Å². The number of halogens is 2. The Hall–Kier alpha value is -0.810. The molecule has 1 N–H and O–H groups in total. The van der Waals surface area contributed by atoms with E-state index in [-0.39, 0.29) is 5.91 Å². The van der Waals surface area contributed by atoms with Crippen LogP contribution in [0.4, 0.5) is 5.82 Å². The van der Waals surface area contributed by atoms with Gasteiger partial charge >= 0.3 is 0 Å². The lowest BCUT2D eigenvalue weighted by Crippen LogP contribution is -2.24. The first kappa shape index (κ1) is 13.3. The van der Waals surface area contributed by atoms with E-state index in [9.17, 15) is 4.79 Å². The molecule has 0 bridgehead atoms. The smallest absolute Gasteiger partial charge is 0.223 e. The molecule has 0 fully saturated rings. The molecule has 0 aliphatic carbocycles.